The molecule has 1 saturated carbocycles. The molecule has 0 bridgehead atoms. The summed E-state index contributed by atoms with van der Waals surface area (Å²) in [6.45, 7) is 5.57. The van der Waals surface area contributed by atoms with E-state index in [1.54, 1.807) is 7.11 Å². The summed E-state index contributed by atoms with van der Waals surface area (Å²) in [6, 6.07) is 5.99. The molecular weight excluding hydrogens is 224 g/mol. The Balaban J connectivity index is 2.00. The van der Waals surface area contributed by atoms with Gasteiger partial charge in [-0.2, -0.15) is 0 Å². The molecule has 2 rings (SSSR count). The van der Waals surface area contributed by atoms with Gasteiger partial charge in [-0.25, -0.2) is 0 Å². The molecule has 2 N–H and O–H groups in total. The van der Waals surface area contributed by atoms with Crippen molar-refractivity contribution in [2.45, 2.75) is 32.7 Å². The minimum atomic E-state index is 0.834. The Labute approximate surface area is 110 Å². The van der Waals surface area contributed by atoms with E-state index in [9.17, 15) is 0 Å². The number of hydrogen-bond donors (Lipinski definition) is 1. The Kier molecular flexibility index (Phi) is 4.48. The molecule has 0 radical (unpaired) electrons. The largest absolute Gasteiger partial charge is 0.497 e. The first-order chi connectivity index (χ1) is 8.72. The third-order valence-corrected chi connectivity index (χ3v) is 3.50. The second-order valence-corrected chi connectivity index (χ2v) is 5.24. The number of rotatable bonds is 7. The molecular formula is C15H24N2O. The second kappa shape index (κ2) is 6.10. The van der Waals surface area contributed by atoms with Crippen molar-refractivity contribution in [3.05, 3.63) is 23.8 Å². The molecule has 3 heteroatoms. The quantitative estimate of drug-likeness (QED) is 0.754. The summed E-state index contributed by atoms with van der Waals surface area (Å²) in [7, 11) is 1.67. The van der Waals surface area contributed by atoms with E-state index in [1.165, 1.54) is 31.4 Å². The Bertz CT molecular complexity index is 388. The summed E-state index contributed by atoms with van der Waals surface area (Å²) >= 11 is 0. The van der Waals surface area contributed by atoms with Gasteiger partial charge in [0.25, 0.3) is 0 Å². The molecule has 0 unspecified atom stereocenters. The second-order valence-electron chi connectivity index (χ2n) is 5.24. The van der Waals surface area contributed by atoms with Crippen molar-refractivity contribution in [2.75, 3.05) is 25.9 Å². The summed E-state index contributed by atoms with van der Waals surface area (Å²) in [6.07, 6.45) is 4.00. The SMILES string of the molecule is CCCN(Cc1ccc(OC)cc1N)CC1CC1. The van der Waals surface area contributed by atoms with E-state index in [-0.39, 0.29) is 0 Å². The van der Waals surface area contributed by atoms with Gasteiger partial charge in [0, 0.05) is 24.8 Å². The van der Waals surface area contributed by atoms with Crippen molar-refractivity contribution < 1.29 is 4.74 Å². The van der Waals surface area contributed by atoms with Crippen molar-refractivity contribution in [3.63, 3.8) is 0 Å². The average molecular weight is 248 g/mol. The van der Waals surface area contributed by atoms with Crippen LogP contribution in [0.25, 0.3) is 0 Å². The molecule has 0 spiro atoms. The van der Waals surface area contributed by atoms with Crippen molar-refractivity contribution in [3.8, 4) is 5.75 Å². The number of nitrogen functional groups attached to an aromatic ring is 1. The first-order valence-electron chi connectivity index (χ1n) is 6.87. The van der Waals surface area contributed by atoms with E-state index in [1.807, 2.05) is 12.1 Å². The minimum absolute atomic E-state index is 0.834. The maximum Gasteiger partial charge on any atom is 0.120 e. The van der Waals surface area contributed by atoms with Crippen LogP contribution in [0.3, 0.4) is 0 Å². The Morgan fingerprint density at radius 2 is 2.17 bits per heavy atom. The van der Waals surface area contributed by atoms with E-state index in [2.05, 4.69) is 17.9 Å². The van der Waals surface area contributed by atoms with Crippen LogP contribution in [0.4, 0.5) is 5.69 Å². The number of nitrogens with two attached hydrogens (primary N) is 1. The van der Waals surface area contributed by atoms with Gasteiger partial charge in [-0.15, -0.1) is 0 Å². The zero-order chi connectivity index (χ0) is 13.0. The number of ether oxygens (including phenoxy) is 1. The van der Waals surface area contributed by atoms with Crippen molar-refractivity contribution >= 4 is 5.69 Å². The van der Waals surface area contributed by atoms with Crippen LogP contribution >= 0.6 is 0 Å². The normalized spacial score (nSPS) is 15.1. The lowest BCUT2D eigenvalue weighted by atomic mass is 10.1. The van der Waals surface area contributed by atoms with Crippen LogP contribution in [-0.2, 0) is 6.54 Å². The molecule has 18 heavy (non-hydrogen) atoms. The van der Waals surface area contributed by atoms with Crippen LogP contribution in [0.2, 0.25) is 0 Å². The van der Waals surface area contributed by atoms with Gasteiger partial charge in [0.1, 0.15) is 5.75 Å². The lowest BCUT2D eigenvalue weighted by molar-refractivity contribution is 0.255. The number of benzene rings is 1. The fraction of sp³-hybridized carbons (Fsp3) is 0.600. The van der Waals surface area contributed by atoms with Crippen molar-refractivity contribution in [1.82, 2.24) is 4.90 Å². The van der Waals surface area contributed by atoms with Crippen LogP contribution in [0.15, 0.2) is 18.2 Å². The highest BCUT2D eigenvalue weighted by Crippen LogP contribution is 2.30. The van der Waals surface area contributed by atoms with Gasteiger partial charge in [0.2, 0.25) is 0 Å². The molecule has 3 nitrogen and oxygen atoms in total. The molecule has 100 valence electrons. The smallest absolute Gasteiger partial charge is 0.120 e. The number of hydrogen-bond acceptors (Lipinski definition) is 3. The Hall–Kier alpha value is -1.22. The molecule has 0 heterocycles. The summed E-state index contributed by atoms with van der Waals surface area (Å²) in [4.78, 5) is 2.52. The van der Waals surface area contributed by atoms with Crippen LogP contribution in [-0.4, -0.2) is 25.1 Å². The molecule has 1 aliphatic rings. The number of methoxy groups -OCH3 is 1. The molecule has 0 aromatic heterocycles. The van der Waals surface area contributed by atoms with Crippen LogP contribution in [0, 0.1) is 5.92 Å². The maximum absolute atomic E-state index is 6.08. The zero-order valence-corrected chi connectivity index (χ0v) is 11.5. The van der Waals surface area contributed by atoms with Gasteiger partial charge in [-0.05, 0) is 43.4 Å². The van der Waals surface area contributed by atoms with Crippen LogP contribution in [0.5, 0.6) is 5.75 Å². The number of nitrogens with zero attached hydrogens (tertiary/aromatic N) is 1. The Morgan fingerprint density at radius 3 is 2.72 bits per heavy atom. The van der Waals surface area contributed by atoms with E-state index in [4.69, 9.17) is 10.5 Å². The molecule has 1 aliphatic carbocycles. The molecule has 1 aromatic rings. The van der Waals surface area contributed by atoms with E-state index in [0.29, 0.717) is 0 Å². The van der Waals surface area contributed by atoms with Gasteiger partial charge in [-0.3, -0.25) is 4.90 Å². The lowest BCUT2D eigenvalue weighted by Gasteiger charge is -2.22. The van der Waals surface area contributed by atoms with Gasteiger partial charge in [-0.1, -0.05) is 13.0 Å². The van der Waals surface area contributed by atoms with E-state index in [0.717, 1.165) is 30.4 Å². The fourth-order valence-corrected chi connectivity index (χ4v) is 2.30. The third-order valence-electron chi connectivity index (χ3n) is 3.50. The topological polar surface area (TPSA) is 38.5 Å². The zero-order valence-electron chi connectivity index (χ0n) is 11.5. The summed E-state index contributed by atoms with van der Waals surface area (Å²) in [5, 5.41) is 0. The van der Waals surface area contributed by atoms with Crippen molar-refractivity contribution in [1.29, 1.82) is 0 Å². The van der Waals surface area contributed by atoms with Crippen molar-refractivity contribution in [2.24, 2.45) is 5.92 Å². The number of anilines is 1. The molecule has 1 fully saturated rings. The van der Waals surface area contributed by atoms with Gasteiger partial charge >= 0.3 is 0 Å². The molecule has 0 aliphatic heterocycles. The van der Waals surface area contributed by atoms with Crippen LogP contribution in [0.1, 0.15) is 31.7 Å². The maximum atomic E-state index is 6.08. The first-order valence-corrected chi connectivity index (χ1v) is 6.87. The lowest BCUT2D eigenvalue weighted by Crippen LogP contribution is -2.26. The van der Waals surface area contributed by atoms with E-state index >= 15 is 0 Å². The monoisotopic (exact) mass is 248 g/mol. The van der Waals surface area contributed by atoms with Crippen LogP contribution < -0.4 is 10.5 Å². The summed E-state index contributed by atoms with van der Waals surface area (Å²) in [5.41, 5.74) is 8.13. The predicted octanol–water partition coefficient (Wildman–Crippen LogP) is 2.90. The highest BCUT2D eigenvalue weighted by atomic mass is 16.5. The highest BCUT2D eigenvalue weighted by molar-refractivity contribution is 5.51. The van der Waals surface area contributed by atoms with Gasteiger partial charge in [0.05, 0.1) is 7.11 Å². The molecule has 1 aromatic carbocycles. The first kappa shape index (κ1) is 13.2. The molecule has 0 amide bonds. The summed E-state index contributed by atoms with van der Waals surface area (Å²) < 4.78 is 5.18. The summed E-state index contributed by atoms with van der Waals surface area (Å²) in [5.74, 6) is 1.76. The molecule has 0 saturated heterocycles. The van der Waals surface area contributed by atoms with Gasteiger partial charge < -0.3 is 10.5 Å². The van der Waals surface area contributed by atoms with E-state index < -0.39 is 0 Å². The minimum Gasteiger partial charge on any atom is -0.497 e. The van der Waals surface area contributed by atoms with Gasteiger partial charge in [0.15, 0.2) is 0 Å². The third kappa shape index (κ3) is 3.64. The highest BCUT2D eigenvalue weighted by Gasteiger charge is 2.24. The molecule has 0 atom stereocenters. The Morgan fingerprint density at radius 1 is 1.39 bits per heavy atom. The average Bonchev–Trinajstić information content (AvgIpc) is 3.16. The fourth-order valence-electron chi connectivity index (χ4n) is 2.30. The predicted molar refractivity (Wildman–Crippen MR) is 75.7 cm³/mol. The standard InChI is InChI=1S/C15H24N2O/c1-3-8-17(10-12-4-5-12)11-13-6-7-14(18-2)9-15(13)16/h6-7,9,12H,3-5,8,10-11,16H2,1-2H3.